The van der Waals surface area contributed by atoms with Crippen molar-refractivity contribution in [3.63, 3.8) is 0 Å². The molecule has 0 radical (unpaired) electrons. The average molecular weight is 481 g/mol. The number of amides is 1. The molecule has 4 rings (SSSR count). The Hall–Kier alpha value is -3.30. The van der Waals surface area contributed by atoms with Crippen LogP contribution in [-0.4, -0.2) is 52.6 Å². The van der Waals surface area contributed by atoms with Crippen LogP contribution >= 0.6 is 23.1 Å². The highest BCUT2D eigenvalue weighted by atomic mass is 32.2. The molecule has 0 aliphatic heterocycles. The fourth-order valence-corrected chi connectivity index (χ4v) is 4.86. The molecule has 0 unspecified atom stereocenters. The summed E-state index contributed by atoms with van der Waals surface area (Å²) in [6, 6.07) is 17.3. The SMILES string of the molecule is COc1ccc(-n2c(SCC(=O)N(C)Cc3ccsc3)nnc2-c2ccccc2OC)cc1. The molecule has 7 nitrogen and oxygen atoms in total. The summed E-state index contributed by atoms with van der Waals surface area (Å²) < 4.78 is 12.8. The van der Waals surface area contributed by atoms with Crippen molar-refractivity contribution in [3.8, 4) is 28.6 Å². The Kier molecular flexibility index (Phi) is 7.31. The third-order valence-electron chi connectivity index (χ3n) is 5.06. The Labute approximate surface area is 201 Å². The molecule has 0 bridgehead atoms. The van der Waals surface area contributed by atoms with Crippen molar-refractivity contribution in [2.45, 2.75) is 11.7 Å². The zero-order chi connectivity index (χ0) is 23.2. The lowest BCUT2D eigenvalue weighted by molar-refractivity contribution is -0.127. The monoisotopic (exact) mass is 480 g/mol. The topological polar surface area (TPSA) is 69.5 Å². The molecule has 0 atom stereocenters. The number of methoxy groups -OCH3 is 2. The number of thiophene rings is 1. The summed E-state index contributed by atoms with van der Waals surface area (Å²) in [6.07, 6.45) is 0. The maximum absolute atomic E-state index is 12.8. The maximum atomic E-state index is 12.8. The normalized spacial score (nSPS) is 10.8. The number of rotatable bonds is 9. The van der Waals surface area contributed by atoms with Crippen LogP contribution in [0.3, 0.4) is 0 Å². The highest BCUT2D eigenvalue weighted by molar-refractivity contribution is 7.99. The third kappa shape index (κ3) is 5.20. The molecule has 0 saturated carbocycles. The van der Waals surface area contributed by atoms with Crippen LogP contribution in [0.25, 0.3) is 17.1 Å². The fraction of sp³-hybridized carbons (Fsp3) is 0.208. The van der Waals surface area contributed by atoms with Gasteiger partial charge >= 0.3 is 0 Å². The first-order valence-electron chi connectivity index (χ1n) is 10.2. The first-order chi connectivity index (χ1) is 16.1. The van der Waals surface area contributed by atoms with Crippen LogP contribution in [0.1, 0.15) is 5.56 Å². The van der Waals surface area contributed by atoms with Crippen LogP contribution in [-0.2, 0) is 11.3 Å². The van der Waals surface area contributed by atoms with Crippen LogP contribution in [0.5, 0.6) is 11.5 Å². The minimum absolute atomic E-state index is 0.0225. The molecular formula is C24H24N4O3S2. The fourth-order valence-electron chi connectivity index (χ4n) is 3.31. The average Bonchev–Trinajstić information content (AvgIpc) is 3.52. The molecule has 170 valence electrons. The van der Waals surface area contributed by atoms with Gasteiger partial charge in [-0.15, -0.1) is 10.2 Å². The van der Waals surface area contributed by atoms with Crippen molar-refractivity contribution >= 4 is 29.0 Å². The van der Waals surface area contributed by atoms with Crippen molar-refractivity contribution in [1.29, 1.82) is 0 Å². The summed E-state index contributed by atoms with van der Waals surface area (Å²) in [7, 11) is 5.08. The third-order valence-corrected chi connectivity index (χ3v) is 6.71. The highest BCUT2D eigenvalue weighted by Gasteiger charge is 2.20. The Balaban J connectivity index is 1.63. The second kappa shape index (κ2) is 10.5. The van der Waals surface area contributed by atoms with Crippen molar-refractivity contribution in [1.82, 2.24) is 19.7 Å². The predicted molar refractivity (Wildman–Crippen MR) is 131 cm³/mol. The summed E-state index contributed by atoms with van der Waals surface area (Å²) in [4.78, 5) is 14.5. The van der Waals surface area contributed by atoms with Gasteiger partial charge in [0.25, 0.3) is 0 Å². The number of para-hydroxylation sites is 1. The lowest BCUT2D eigenvalue weighted by atomic mass is 10.2. The second-order valence-electron chi connectivity index (χ2n) is 7.21. The van der Waals surface area contributed by atoms with Crippen LogP contribution in [0.2, 0.25) is 0 Å². The van der Waals surface area contributed by atoms with Crippen molar-refractivity contribution in [2.24, 2.45) is 0 Å². The van der Waals surface area contributed by atoms with Gasteiger partial charge < -0.3 is 14.4 Å². The number of ether oxygens (including phenoxy) is 2. The summed E-state index contributed by atoms with van der Waals surface area (Å²) in [5, 5.41) is 13.6. The van der Waals surface area contributed by atoms with Gasteiger partial charge in [-0.3, -0.25) is 9.36 Å². The second-order valence-corrected chi connectivity index (χ2v) is 8.93. The largest absolute Gasteiger partial charge is 0.497 e. The molecule has 0 N–H and O–H groups in total. The van der Waals surface area contributed by atoms with E-state index in [1.165, 1.54) is 11.8 Å². The molecule has 0 saturated heterocycles. The molecule has 0 fully saturated rings. The van der Waals surface area contributed by atoms with Gasteiger partial charge in [-0.1, -0.05) is 23.9 Å². The number of nitrogens with zero attached hydrogens (tertiary/aromatic N) is 4. The standard InChI is InChI=1S/C24H24N4O3S2/c1-27(14-17-12-13-32-15-17)22(29)16-33-24-26-25-23(20-6-4-5-7-21(20)31-3)28(24)18-8-10-19(30-2)11-9-18/h4-13,15H,14,16H2,1-3H3. The summed E-state index contributed by atoms with van der Waals surface area (Å²) in [5.41, 5.74) is 2.81. The van der Waals surface area contributed by atoms with Gasteiger partial charge in [-0.2, -0.15) is 11.3 Å². The van der Waals surface area contributed by atoms with Gasteiger partial charge in [0, 0.05) is 13.6 Å². The van der Waals surface area contributed by atoms with E-state index in [1.54, 1.807) is 30.5 Å². The molecule has 0 aliphatic carbocycles. The van der Waals surface area contributed by atoms with Crippen LogP contribution in [0.4, 0.5) is 0 Å². The number of hydrogen-bond donors (Lipinski definition) is 0. The number of carbonyl (C=O) groups excluding carboxylic acids is 1. The summed E-state index contributed by atoms with van der Waals surface area (Å²) >= 11 is 2.98. The van der Waals surface area contributed by atoms with Gasteiger partial charge in [-0.05, 0) is 58.8 Å². The zero-order valence-electron chi connectivity index (χ0n) is 18.6. The number of carbonyl (C=O) groups is 1. The van der Waals surface area contributed by atoms with E-state index in [4.69, 9.17) is 9.47 Å². The minimum Gasteiger partial charge on any atom is -0.497 e. The molecule has 1 amide bonds. The number of aromatic nitrogens is 3. The number of thioether (sulfide) groups is 1. The molecule has 2 aromatic heterocycles. The number of benzene rings is 2. The van der Waals surface area contributed by atoms with E-state index in [9.17, 15) is 4.79 Å². The van der Waals surface area contributed by atoms with E-state index in [2.05, 4.69) is 15.6 Å². The van der Waals surface area contributed by atoms with Crippen molar-refractivity contribution in [2.75, 3.05) is 27.0 Å². The van der Waals surface area contributed by atoms with E-state index < -0.39 is 0 Å². The Bertz CT molecular complexity index is 1210. The van der Waals surface area contributed by atoms with Crippen molar-refractivity contribution < 1.29 is 14.3 Å². The summed E-state index contributed by atoms with van der Waals surface area (Å²) in [5.74, 6) is 2.36. The molecule has 2 heterocycles. The van der Waals surface area contributed by atoms with E-state index >= 15 is 0 Å². The van der Waals surface area contributed by atoms with E-state index in [0.29, 0.717) is 23.3 Å². The Morgan fingerprint density at radius 2 is 1.85 bits per heavy atom. The highest BCUT2D eigenvalue weighted by Crippen LogP contribution is 2.33. The molecule has 4 aromatic rings. The van der Waals surface area contributed by atoms with E-state index in [-0.39, 0.29) is 11.7 Å². The molecule has 0 aliphatic rings. The van der Waals surface area contributed by atoms with Gasteiger partial charge in [0.15, 0.2) is 11.0 Å². The first kappa shape index (κ1) is 22.9. The summed E-state index contributed by atoms with van der Waals surface area (Å²) in [6.45, 7) is 0.584. The number of hydrogen-bond acceptors (Lipinski definition) is 7. The van der Waals surface area contributed by atoms with Gasteiger partial charge in [0.05, 0.1) is 31.2 Å². The van der Waals surface area contributed by atoms with Gasteiger partial charge in [0.2, 0.25) is 5.91 Å². The van der Waals surface area contributed by atoms with Crippen LogP contribution in [0, 0.1) is 0 Å². The molecule has 9 heteroatoms. The Morgan fingerprint density at radius 1 is 1.06 bits per heavy atom. The van der Waals surface area contributed by atoms with Gasteiger partial charge in [0.1, 0.15) is 11.5 Å². The van der Waals surface area contributed by atoms with Crippen molar-refractivity contribution in [3.05, 3.63) is 70.9 Å². The van der Waals surface area contributed by atoms with E-state index in [1.807, 2.05) is 71.6 Å². The molecule has 2 aromatic carbocycles. The van der Waals surface area contributed by atoms with Gasteiger partial charge in [-0.25, -0.2) is 0 Å². The molecule has 33 heavy (non-hydrogen) atoms. The van der Waals surface area contributed by atoms with E-state index in [0.717, 1.165) is 22.6 Å². The predicted octanol–water partition coefficient (Wildman–Crippen LogP) is 4.76. The molecular weight excluding hydrogens is 456 g/mol. The quantitative estimate of drug-likeness (QED) is 0.322. The van der Waals surface area contributed by atoms with Crippen LogP contribution < -0.4 is 9.47 Å². The lowest BCUT2D eigenvalue weighted by Crippen LogP contribution is -2.27. The lowest BCUT2D eigenvalue weighted by Gasteiger charge is -2.16. The Morgan fingerprint density at radius 3 is 2.55 bits per heavy atom. The minimum atomic E-state index is 0.0225. The molecule has 0 spiro atoms. The van der Waals surface area contributed by atoms with Crippen LogP contribution in [0.15, 0.2) is 70.5 Å². The first-order valence-corrected chi connectivity index (χ1v) is 12.1. The zero-order valence-corrected chi connectivity index (χ0v) is 20.2. The maximum Gasteiger partial charge on any atom is 0.233 e. The smallest absolute Gasteiger partial charge is 0.233 e.